The third-order valence-corrected chi connectivity index (χ3v) is 2.92. The molecule has 0 aliphatic rings. The summed E-state index contributed by atoms with van der Waals surface area (Å²) >= 11 is 0. The summed E-state index contributed by atoms with van der Waals surface area (Å²) in [6.45, 7) is 4.08. The maximum absolute atomic E-state index is 13.1. The number of hydrogen-bond donors (Lipinski definition) is 2. The van der Waals surface area contributed by atoms with E-state index in [1.807, 2.05) is 38.1 Å². The number of benzene rings is 1. The van der Waals surface area contributed by atoms with Crippen LogP contribution in [-0.2, 0) is 0 Å². The van der Waals surface area contributed by atoms with Crippen LogP contribution < -0.4 is 5.32 Å². The van der Waals surface area contributed by atoms with Gasteiger partial charge in [-0.2, -0.15) is 0 Å². The molecule has 104 valence electrons. The Labute approximate surface area is 116 Å². The molecule has 0 aliphatic carbocycles. The van der Waals surface area contributed by atoms with Crippen LogP contribution in [0.5, 0.6) is 0 Å². The topological polar surface area (TPSA) is 62.2 Å². The van der Waals surface area contributed by atoms with Gasteiger partial charge in [0.25, 0.3) is 0 Å². The molecule has 0 saturated heterocycles. The van der Waals surface area contributed by atoms with E-state index in [1.165, 1.54) is 0 Å². The van der Waals surface area contributed by atoms with Crippen LogP contribution in [0.3, 0.4) is 0 Å². The van der Waals surface area contributed by atoms with Gasteiger partial charge in [0.15, 0.2) is 0 Å². The van der Waals surface area contributed by atoms with E-state index in [4.69, 9.17) is 5.11 Å². The fourth-order valence-electron chi connectivity index (χ4n) is 1.94. The van der Waals surface area contributed by atoms with Crippen LogP contribution in [0.25, 0.3) is 0 Å². The van der Waals surface area contributed by atoms with E-state index in [-0.39, 0.29) is 17.3 Å². The summed E-state index contributed by atoms with van der Waals surface area (Å²) in [6, 6.07) is 8.51. The van der Waals surface area contributed by atoms with Crippen LogP contribution in [-0.4, -0.2) is 16.1 Å². The Hall–Kier alpha value is -2.43. The van der Waals surface area contributed by atoms with Crippen molar-refractivity contribution in [2.45, 2.75) is 19.8 Å². The summed E-state index contributed by atoms with van der Waals surface area (Å²) in [4.78, 5) is 15.0. The highest BCUT2D eigenvalue weighted by Gasteiger charge is 2.14. The summed E-state index contributed by atoms with van der Waals surface area (Å²) in [5.41, 5.74) is 1.61. The van der Waals surface area contributed by atoms with Gasteiger partial charge in [-0.3, -0.25) is 0 Å². The highest BCUT2D eigenvalue weighted by molar-refractivity contribution is 5.94. The molecule has 0 amide bonds. The van der Waals surface area contributed by atoms with Crippen molar-refractivity contribution in [1.82, 2.24) is 4.98 Å². The van der Waals surface area contributed by atoms with Crippen molar-refractivity contribution in [3.63, 3.8) is 0 Å². The molecule has 2 N–H and O–H groups in total. The highest BCUT2D eigenvalue weighted by Crippen LogP contribution is 2.27. The van der Waals surface area contributed by atoms with Crippen LogP contribution >= 0.6 is 0 Å². The number of aromatic nitrogens is 1. The molecule has 0 radical (unpaired) electrons. The van der Waals surface area contributed by atoms with Gasteiger partial charge < -0.3 is 10.4 Å². The van der Waals surface area contributed by atoms with Crippen molar-refractivity contribution in [2.24, 2.45) is 0 Å². The molecule has 0 spiro atoms. The molecule has 1 aromatic heterocycles. The maximum atomic E-state index is 13.1. The smallest absolute Gasteiger partial charge is 0.339 e. The van der Waals surface area contributed by atoms with Crippen molar-refractivity contribution in [3.8, 4) is 0 Å². The highest BCUT2D eigenvalue weighted by atomic mass is 19.1. The molecule has 0 aliphatic heterocycles. The van der Waals surface area contributed by atoms with Crippen molar-refractivity contribution < 1.29 is 14.3 Å². The summed E-state index contributed by atoms with van der Waals surface area (Å²) in [5.74, 6) is -1.49. The zero-order valence-electron chi connectivity index (χ0n) is 11.2. The van der Waals surface area contributed by atoms with Gasteiger partial charge in [-0.05, 0) is 23.6 Å². The van der Waals surface area contributed by atoms with Gasteiger partial charge in [-0.1, -0.05) is 32.0 Å². The summed E-state index contributed by atoms with van der Waals surface area (Å²) in [6.07, 6.45) is 0.993. The summed E-state index contributed by atoms with van der Waals surface area (Å²) < 4.78 is 13.1. The number of carboxylic acids is 1. The van der Waals surface area contributed by atoms with E-state index in [0.29, 0.717) is 0 Å². The fraction of sp³-hybridized carbons (Fsp3) is 0.200. The molecule has 2 rings (SSSR count). The first kappa shape index (κ1) is 14.0. The molecule has 1 aromatic carbocycles. The Kier molecular flexibility index (Phi) is 3.98. The van der Waals surface area contributed by atoms with E-state index < -0.39 is 11.8 Å². The largest absolute Gasteiger partial charge is 0.478 e. The van der Waals surface area contributed by atoms with Gasteiger partial charge in [0.1, 0.15) is 17.2 Å². The Bertz CT molecular complexity index is 642. The lowest BCUT2D eigenvalue weighted by Crippen LogP contribution is -2.07. The van der Waals surface area contributed by atoms with Crippen molar-refractivity contribution >= 4 is 17.5 Å². The molecular formula is C15H15FN2O2. The standard InChI is InChI=1S/C15H15FN2O2/c1-9(2)11-5-3-4-6-13(11)18-14-12(15(19)20)7-10(16)8-17-14/h3-9H,1-2H3,(H,17,18)(H,19,20). The molecular weight excluding hydrogens is 259 g/mol. The van der Waals surface area contributed by atoms with Gasteiger partial charge in [-0.15, -0.1) is 0 Å². The molecule has 5 heteroatoms. The van der Waals surface area contributed by atoms with Crippen molar-refractivity contribution in [3.05, 3.63) is 53.5 Å². The predicted molar refractivity (Wildman–Crippen MR) is 75.0 cm³/mol. The van der Waals surface area contributed by atoms with E-state index in [0.717, 1.165) is 23.5 Å². The fourth-order valence-corrected chi connectivity index (χ4v) is 1.94. The van der Waals surface area contributed by atoms with E-state index in [2.05, 4.69) is 10.3 Å². The van der Waals surface area contributed by atoms with Crippen molar-refractivity contribution in [2.75, 3.05) is 5.32 Å². The second-order valence-corrected chi connectivity index (χ2v) is 4.72. The number of aromatic carboxylic acids is 1. The van der Waals surface area contributed by atoms with Gasteiger partial charge in [0.2, 0.25) is 0 Å². The SMILES string of the molecule is CC(C)c1ccccc1Nc1ncc(F)cc1C(=O)O. The van der Waals surface area contributed by atoms with Gasteiger partial charge in [-0.25, -0.2) is 14.2 Å². The average Bonchev–Trinajstić information content (AvgIpc) is 2.41. The second-order valence-electron chi connectivity index (χ2n) is 4.72. The van der Waals surface area contributed by atoms with Crippen LogP contribution in [0.15, 0.2) is 36.5 Å². The third-order valence-electron chi connectivity index (χ3n) is 2.92. The average molecular weight is 274 g/mol. The van der Waals surface area contributed by atoms with E-state index >= 15 is 0 Å². The van der Waals surface area contributed by atoms with Crippen LogP contribution in [0, 0.1) is 5.82 Å². The lowest BCUT2D eigenvalue weighted by atomic mass is 10.0. The molecule has 2 aromatic rings. The number of pyridine rings is 1. The summed E-state index contributed by atoms with van der Waals surface area (Å²) in [5, 5.41) is 12.1. The minimum Gasteiger partial charge on any atom is -0.478 e. The Balaban J connectivity index is 2.43. The minimum absolute atomic E-state index is 0.131. The number of nitrogens with one attached hydrogen (secondary N) is 1. The molecule has 0 saturated carbocycles. The number of rotatable bonds is 4. The molecule has 0 fully saturated rings. The molecule has 4 nitrogen and oxygen atoms in total. The number of hydrogen-bond acceptors (Lipinski definition) is 3. The second kappa shape index (κ2) is 5.69. The zero-order chi connectivity index (χ0) is 14.7. The number of anilines is 2. The number of halogens is 1. The van der Waals surface area contributed by atoms with E-state index in [9.17, 15) is 9.18 Å². The van der Waals surface area contributed by atoms with Crippen LogP contribution in [0.1, 0.15) is 35.7 Å². The first-order chi connectivity index (χ1) is 9.49. The Morgan fingerprint density at radius 2 is 2.05 bits per heavy atom. The number of nitrogens with zero attached hydrogens (tertiary/aromatic N) is 1. The van der Waals surface area contributed by atoms with Gasteiger partial charge in [0.05, 0.1) is 6.20 Å². The van der Waals surface area contributed by atoms with Crippen LogP contribution in [0.2, 0.25) is 0 Å². The Morgan fingerprint density at radius 1 is 1.35 bits per heavy atom. The zero-order valence-corrected chi connectivity index (χ0v) is 11.2. The summed E-state index contributed by atoms with van der Waals surface area (Å²) in [7, 11) is 0. The molecule has 0 unspecified atom stereocenters. The van der Waals surface area contributed by atoms with Gasteiger partial charge in [0, 0.05) is 5.69 Å². The number of para-hydroxylation sites is 1. The Morgan fingerprint density at radius 3 is 2.70 bits per heavy atom. The first-order valence-electron chi connectivity index (χ1n) is 6.24. The molecule has 20 heavy (non-hydrogen) atoms. The first-order valence-corrected chi connectivity index (χ1v) is 6.24. The van der Waals surface area contributed by atoms with E-state index in [1.54, 1.807) is 0 Å². The molecule has 0 atom stereocenters. The van der Waals surface area contributed by atoms with Crippen LogP contribution in [0.4, 0.5) is 15.9 Å². The quantitative estimate of drug-likeness (QED) is 0.890. The monoisotopic (exact) mass is 274 g/mol. The molecule has 1 heterocycles. The van der Waals surface area contributed by atoms with Gasteiger partial charge >= 0.3 is 5.97 Å². The van der Waals surface area contributed by atoms with Crippen molar-refractivity contribution in [1.29, 1.82) is 0 Å². The predicted octanol–water partition coefficient (Wildman–Crippen LogP) is 3.79. The minimum atomic E-state index is -1.22. The normalized spacial score (nSPS) is 10.6. The number of carbonyl (C=O) groups is 1. The lowest BCUT2D eigenvalue weighted by molar-refractivity contribution is 0.0697. The lowest BCUT2D eigenvalue weighted by Gasteiger charge is -2.15. The maximum Gasteiger partial charge on any atom is 0.339 e. The number of carboxylic acid groups (broad SMARTS) is 1. The third kappa shape index (κ3) is 2.93. The molecule has 0 bridgehead atoms.